The van der Waals surface area contributed by atoms with Crippen molar-refractivity contribution in [2.45, 2.75) is 6.92 Å². The average Bonchev–Trinajstić information content (AvgIpc) is 3.25. The maximum absolute atomic E-state index is 12.0. The molecule has 0 bridgehead atoms. The Hall–Kier alpha value is -3.55. The zero-order chi connectivity index (χ0) is 18.7. The van der Waals surface area contributed by atoms with Crippen LogP contribution in [0.1, 0.15) is 18.2 Å². The smallest absolute Gasteiger partial charge is 0.363 e. The third-order valence-corrected chi connectivity index (χ3v) is 3.38. The van der Waals surface area contributed by atoms with Crippen molar-refractivity contribution in [1.29, 1.82) is 0 Å². The number of esters is 2. The van der Waals surface area contributed by atoms with Gasteiger partial charge in [-0.2, -0.15) is 0 Å². The van der Waals surface area contributed by atoms with Crippen molar-refractivity contribution < 1.29 is 33.0 Å². The molecule has 8 nitrogen and oxygen atoms in total. The Morgan fingerprint density at radius 3 is 2.42 bits per heavy atom. The zero-order valence-electron chi connectivity index (χ0n) is 14.3. The number of cyclic esters (lactones) is 1. The number of ether oxygens (including phenoxy) is 4. The summed E-state index contributed by atoms with van der Waals surface area (Å²) in [5, 5.41) is 0. The summed E-state index contributed by atoms with van der Waals surface area (Å²) in [6.07, 6.45) is 2.96. The van der Waals surface area contributed by atoms with Crippen LogP contribution in [0.2, 0.25) is 0 Å². The minimum Gasteiger partial charge on any atom is -0.493 e. The Morgan fingerprint density at radius 1 is 1.19 bits per heavy atom. The summed E-state index contributed by atoms with van der Waals surface area (Å²) >= 11 is 0. The second kappa shape index (κ2) is 7.14. The first-order valence-electron chi connectivity index (χ1n) is 7.52. The molecule has 1 aromatic carbocycles. The number of hydrogen-bond acceptors (Lipinski definition) is 8. The summed E-state index contributed by atoms with van der Waals surface area (Å²) in [5.41, 5.74) is 0.631. The zero-order valence-corrected chi connectivity index (χ0v) is 14.3. The van der Waals surface area contributed by atoms with Crippen LogP contribution in [-0.2, 0) is 14.3 Å². The van der Waals surface area contributed by atoms with Gasteiger partial charge in [-0.25, -0.2) is 9.79 Å². The van der Waals surface area contributed by atoms with E-state index in [0.717, 1.165) is 0 Å². The molecule has 1 aromatic heterocycles. The van der Waals surface area contributed by atoms with Crippen LogP contribution < -0.4 is 14.2 Å². The van der Waals surface area contributed by atoms with Gasteiger partial charge in [0.05, 0.1) is 20.5 Å². The number of hydrogen-bond donors (Lipinski definition) is 0. The van der Waals surface area contributed by atoms with Gasteiger partial charge in [-0.3, -0.25) is 4.79 Å². The van der Waals surface area contributed by atoms with E-state index < -0.39 is 11.9 Å². The number of carbonyl (C=O) groups excluding carboxylic acids is 2. The van der Waals surface area contributed by atoms with Gasteiger partial charge in [0, 0.05) is 6.92 Å². The van der Waals surface area contributed by atoms with Gasteiger partial charge in [0.1, 0.15) is 0 Å². The molecule has 1 aliphatic heterocycles. The highest BCUT2D eigenvalue weighted by atomic mass is 16.6. The SMILES string of the molecule is COc1cc(C=C2N=C(c3ccco3)OC2=O)cc(OC)c1OC(C)=O. The molecule has 0 amide bonds. The third-order valence-electron chi connectivity index (χ3n) is 3.38. The molecule has 0 fully saturated rings. The standard InChI is InChI=1S/C18H15NO7/c1-10(20)25-16-14(22-2)8-11(9-15(16)23-3)7-12-18(21)26-17(19-12)13-5-4-6-24-13/h4-9H,1-3H3. The first kappa shape index (κ1) is 17.3. The highest BCUT2D eigenvalue weighted by Crippen LogP contribution is 2.39. The summed E-state index contributed by atoms with van der Waals surface area (Å²) in [6.45, 7) is 1.27. The van der Waals surface area contributed by atoms with E-state index >= 15 is 0 Å². The molecule has 2 heterocycles. The fourth-order valence-corrected chi connectivity index (χ4v) is 2.30. The van der Waals surface area contributed by atoms with Crippen molar-refractivity contribution in [2.24, 2.45) is 4.99 Å². The molecule has 3 rings (SSSR count). The first-order valence-corrected chi connectivity index (χ1v) is 7.52. The second-order valence-corrected chi connectivity index (χ2v) is 5.16. The van der Waals surface area contributed by atoms with Gasteiger partial charge < -0.3 is 23.4 Å². The Balaban J connectivity index is 2.00. The lowest BCUT2D eigenvalue weighted by Crippen LogP contribution is -2.05. The van der Waals surface area contributed by atoms with Crippen LogP contribution in [0.4, 0.5) is 0 Å². The lowest BCUT2D eigenvalue weighted by atomic mass is 10.1. The van der Waals surface area contributed by atoms with E-state index in [-0.39, 0.29) is 28.8 Å². The number of furan rings is 1. The molecule has 0 saturated carbocycles. The second-order valence-electron chi connectivity index (χ2n) is 5.16. The number of nitrogens with zero attached hydrogens (tertiary/aromatic N) is 1. The van der Waals surface area contributed by atoms with Gasteiger partial charge >= 0.3 is 11.9 Å². The monoisotopic (exact) mass is 357 g/mol. The van der Waals surface area contributed by atoms with Gasteiger partial charge in [0.2, 0.25) is 5.75 Å². The molecule has 0 radical (unpaired) electrons. The van der Waals surface area contributed by atoms with Gasteiger partial charge in [0.25, 0.3) is 5.90 Å². The molecule has 0 unspecified atom stereocenters. The topological polar surface area (TPSA) is 96.6 Å². The van der Waals surface area contributed by atoms with E-state index in [2.05, 4.69) is 4.99 Å². The average molecular weight is 357 g/mol. The molecule has 0 N–H and O–H groups in total. The molecular formula is C18H15NO7. The Kier molecular flexibility index (Phi) is 4.74. The predicted octanol–water partition coefficient (Wildman–Crippen LogP) is 2.57. The molecule has 26 heavy (non-hydrogen) atoms. The van der Waals surface area contributed by atoms with E-state index in [0.29, 0.717) is 11.3 Å². The van der Waals surface area contributed by atoms with Gasteiger partial charge in [-0.05, 0) is 35.9 Å². The predicted molar refractivity (Wildman–Crippen MR) is 90.2 cm³/mol. The van der Waals surface area contributed by atoms with Crippen LogP contribution in [0.5, 0.6) is 17.2 Å². The largest absolute Gasteiger partial charge is 0.493 e. The number of carbonyl (C=O) groups is 2. The number of methoxy groups -OCH3 is 2. The third kappa shape index (κ3) is 3.44. The first-order chi connectivity index (χ1) is 12.5. The van der Waals surface area contributed by atoms with Gasteiger partial charge in [-0.15, -0.1) is 0 Å². The van der Waals surface area contributed by atoms with Crippen LogP contribution in [0.3, 0.4) is 0 Å². The summed E-state index contributed by atoms with van der Waals surface area (Å²) in [5.74, 6) is 0.00131. The van der Waals surface area contributed by atoms with Crippen LogP contribution in [0.15, 0.2) is 45.6 Å². The van der Waals surface area contributed by atoms with E-state index in [9.17, 15) is 9.59 Å². The van der Waals surface area contributed by atoms with E-state index in [1.807, 2.05) is 0 Å². The Labute approximate surface area is 148 Å². The summed E-state index contributed by atoms with van der Waals surface area (Å²) in [7, 11) is 2.85. The molecule has 134 valence electrons. The lowest BCUT2D eigenvalue weighted by molar-refractivity contribution is -0.132. The fourth-order valence-electron chi connectivity index (χ4n) is 2.30. The van der Waals surface area contributed by atoms with Crippen molar-refractivity contribution in [3.63, 3.8) is 0 Å². The summed E-state index contributed by atoms with van der Waals surface area (Å²) in [4.78, 5) is 27.4. The Bertz CT molecular complexity index is 885. The van der Waals surface area contributed by atoms with E-state index in [1.54, 1.807) is 24.3 Å². The summed E-state index contributed by atoms with van der Waals surface area (Å²) < 4.78 is 25.9. The molecule has 1 aliphatic rings. The minimum absolute atomic E-state index is 0.0840. The van der Waals surface area contributed by atoms with Crippen LogP contribution in [0.25, 0.3) is 6.08 Å². The quantitative estimate of drug-likeness (QED) is 0.461. The molecule has 2 aromatic rings. The van der Waals surface area contributed by atoms with E-state index in [1.165, 1.54) is 33.5 Å². The molecule has 0 saturated heterocycles. The molecule has 0 atom stereocenters. The van der Waals surface area contributed by atoms with Crippen LogP contribution >= 0.6 is 0 Å². The lowest BCUT2D eigenvalue weighted by Gasteiger charge is -2.13. The molecule has 0 spiro atoms. The van der Waals surface area contributed by atoms with Crippen LogP contribution in [0, 0.1) is 0 Å². The van der Waals surface area contributed by atoms with Gasteiger partial charge in [-0.1, -0.05) is 0 Å². The Morgan fingerprint density at radius 2 is 1.88 bits per heavy atom. The minimum atomic E-state index is -0.613. The maximum atomic E-state index is 12.0. The van der Waals surface area contributed by atoms with E-state index in [4.69, 9.17) is 23.4 Å². The number of aliphatic imine (C=N–C) groups is 1. The summed E-state index contributed by atoms with van der Waals surface area (Å²) in [6, 6.07) is 6.47. The highest BCUT2D eigenvalue weighted by Gasteiger charge is 2.26. The van der Waals surface area contributed by atoms with Crippen molar-refractivity contribution in [2.75, 3.05) is 14.2 Å². The number of benzene rings is 1. The van der Waals surface area contributed by atoms with Crippen molar-refractivity contribution >= 4 is 23.9 Å². The van der Waals surface area contributed by atoms with Crippen molar-refractivity contribution in [3.8, 4) is 17.2 Å². The van der Waals surface area contributed by atoms with Gasteiger partial charge in [0.15, 0.2) is 23.0 Å². The van der Waals surface area contributed by atoms with Crippen molar-refractivity contribution in [3.05, 3.63) is 47.5 Å². The normalized spacial score (nSPS) is 14.8. The maximum Gasteiger partial charge on any atom is 0.363 e. The van der Waals surface area contributed by atoms with Crippen molar-refractivity contribution in [1.82, 2.24) is 0 Å². The molecule has 0 aliphatic carbocycles. The molecule has 8 heteroatoms. The fraction of sp³-hybridized carbons (Fsp3) is 0.167. The molecular weight excluding hydrogens is 342 g/mol. The number of rotatable bonds is 5. The highest BCUT2D eigenvalue weighted by molar-refractivity contribution is 6.11. The van der Waals surface area contributed by atoms with Crippen LogP contribution in [-0.4, -0.2) is 32.1 Å².